The average Bonchev–Trinajstić information content (AvgIpc) is 3.15. The van der Waals surface area contributed by atoms with E-state index in [0.717, 1.165) is 0 Å². The first kappa shape index (κ1) is 20.2. The van der Waals surface area contributed by atoms with Crippen molar-refractivity contribution in [2.75, 3.05) is 13.1 Å². The van der Waals surface area contributed by atoms with Crippen molar-refractivity contribution in [3.05, 3.63) is 18.0 Å². The number of aromatic nitrogens is 2. The highest BCUT2D eigenvalue weighted by molar-refractivity contribution is 7.90. The average molecular weight is 386 g/mol. The molecule has 1 aliphatic heterocycles. The second-order valence-corrected chi connectivity index (χ2v) is 9.55. The van der Waals surface area contributed by atoms with Gasteiger partial charge in [0.15, 0.2) is 5.69 Å². The fourth-order valence-electron chi connectivity index (χ4n) is 2.49. The highest BCUT2D eigenvalue weighted by Gasteiger charge is 2.38. The zero-order valence-corrected chi connectivity index (χ0v) is 16.5. The van der Waals surface area contributed by atoms with Crippen molar-refractivity contribution in [3.63, 3.8) is 0 Å². The van der Waals surface area contributed by atoms with Gasteiger partial charge in [-0.05, 0) is 47.1 Å². The Kier molecular flexibility index (Phi) is 5.64. The molecule has 2 amide bonds. The molecule has 9 nitrogen and oxygen atoms in total. The number of sulfonamides is 1. The van der Waals surface area contributed by atoms with E-state index in [1.807, 2.05) is 13.8 Å². The third-order valence-electron chi connectivity index (χ3n) is 3.84. The Labute approximate surface area is 153 Å². The second-order valence-electron chi connectivity index (χ2n) is 7.59. The van der Waals surface area contributed by atoms with Gasteiger partial charge < -0.3 is 9.64 Å². The molecule has 0 saturated carbocycles. The third-order valence-corrected chi connectivity index (χ3v) is 5.57. The molecule has 2 rings (SSSR count). The van der Waals surface area contributed by atoms with Crippen LogP contribution in [0.25, 0.3) is 0 Å². The fraction of sp³-hybridized carbons (Fsp3) is 0.688. The molecular formula is C16H26N4O5S. The summed E-state index contributed by atoms with van der Waals surface area (Å²) in [6, 6.07) is 1.53. The van der Waals surface area contributed by atoms with Crippen molar-refractivity contribution in [1.82, 2.24) is 19.4 Å². The van der Waals surface area contributed by atoms with Gasteiger partial charge in [-0.15, -0.1) is 0 Å². The van der Waals surface area contributed by atoms with Crippen molar-refractivity contribution in [1.29, 1.82) is 0 Å². The number of nitrogens with zero attached hydrogens (tertiary/aromatic N) is 3. The summed E-state index contributed by atoms with van der Waals surface area (Å²) in [6.07, 6.45) is 1.30. The molecule has 1 aromatic rings. The van der Waals surface area contributed by atoms with Gasteiger partial charge in [-0.1, -0.05) is 0 Å². The van der Waals surface area contributed by atoms with Gasteiger partial charge in [0, 0.05) is 25.3 Å². The third kappa shape index (κ3) is 4.96. The summed E-state index contributed by atoms with van der Waals surface area (Å²) in [6.45, 7) is 9.27. The summed E-state index contributed by atoms with van der Waals surface area (Å²) in [4.78, 5) is 25.6. The maximum absolute atomic E-state index is 12.5. The van der Waals surface area contributed by atoms with E-state index in [9.17, 15) is 18.0 Å². The lowest BCUT2D eigenvalue weighted by Gasteiger charge is -2.24. The number of nitrogens with one attached hydrogen (secondary N) is 1. The van der Waals surface area contributed by atoms with Gasteiger partial charge in [-0.2, -0.15) is 5.10 Å². The molecule has 0 bridgehead atoms. The number of hydrogen-bond donors (Lipinski definition) is 1. The number of hydrogen-bond acceptors (Lipinski definition) is 6. The number of carbonyl (C=O) groups excluding carboxylic acids is 2. The molecule has 0 spiro atoms. The van der Waals surface area contributed by atoms with Crippen LogP contribution in [0.15, 0.2) is 12.3 Å². The Balaban J connectivity index is 1.99. The van der Waals surface area contributed by atoms with Crippen LogP contribution in [-0.4, -0.2) is 59.0 Å². The van der Waals surface area contributed by atoms with Crippen LogP contribution in [0.2, 0.25) is 0 Å². The first-order chi connectivity index (χ1) is 11.9. The summed E-state index contributed by atoms with van der Waals surface area (Å²) in [5.41, 5.74) is -0.624. The smallest absolute Gasteiger partial charge is 0.410 e. The van der Waals surface area contributed by atoms with Crippen LogP contribution < -0.4 is 4.72 Å². The van der Waals surface area contributed by atoms with Crippen LogP contribution in [0.3, 0.4) is 0 Å². The topological polar surface area (TPSA) is 111 Å². The van der Waals surface area contributed by atoms with E-state index in [1.54, 1.807) is 31.6 Å². The Bertz CT molecular complexity index is 779. The van der Waals surface area contributed by atoms with Gasteiger partial charge in [-0.3, -0.25) is 9.48 Å². The van der Waals surface area contributed by atoms with Gasteiger partial charge in [0.05, 0.1) is 5.25 Å². The van der Waals surface area contributed by atoms with Gasteiger partial charge in [0.2, 0.25) is 10.0 Å². The number of rotatable bonds is 4. The van der Waals surface area contributed by atoms with Gasteiger partial charge in [0.25, 0.3) is 5.91 Å². The predicted octanol–water partition coefficient (Wildman–Crippen LogP) is 1.53. The van der Waals surface area contributed by atoms with Crippen LogP contribution in [0.4, 0.5) is 4.79 Å². The first-order valence-corrected chi connectivity index (χ1v) is 10.0. The molecule has 1 N–H and O–H groups in total. The molecule has 1 aliphatic rings. The molecule has 146 valence electrons. The van der Waals surface area contributed by atoms with Crippen LogP contribution in [-0.2, 0) is 14.8 Å². The predicted molar refractivity (Wildman–Crippen MR) is 95.2 cm³/mol. The van der Waals surface area contributed by atoms with E-state index in [-0.39, 0.29) is 31.2 Å². The quantitative estimate of drug-likeness (QED) is 0.840. The Hall–Kier alpha value is -2.10. The van der Waals surface area contributed by atoms with E-state index in [0.29, 0.717) is 0 Å². The van der Waals surface area contributed by atoms with E-state index in [2.05, 4.69) is 9.82 Å². The van der Waals surface area contributed by atoms with E-state index in [4.69, 9.17) is 4.74 Å². The zero-order valence-electron chi connectivity index (χ0n) is 15.7. The standard InChI is InChI=1S/C16H26N4O5S/c1-11(2)20-9-7-13(17-20)14(21)18-26(23,24)12-6-8-19(10-12)15(22)25-16(3,4)5/h7,9,11-12H,6,8,10H2,1-5H3,(H,18,21)/t12-/m1/s1. The summed E-state index contributed by atoms with van der Waals surface area (Å²) in [5, 5.41) is 3.19. The van der Waals surface area contributed by atoms with Crippen LogP contribution in [0.5, 0.6) is 0 Å². The zero-order chi connectivity index (χ0) is 19.7. The molecule has 1 fully saturated rings. The Morgan fingerprint density at radius 1 is 1.35 bits per heavy atom. The maximum atomic E-state index is 12.5. The molecule has 0 radical (unpaired) electrons. The van der Waals surface area contributed by atoms with Gasteiger partial charge in [-0.25, -0.2) is 17.9 Å². The minimum absolute atomic E-state index is 0.0159. The number of likely N-dealkylation sites (tertiary alicyclic amines) is 1. The van der Waals surface area contributed by atoms with E-state index < -0.39 is 32.9 Å². The minimum Gasteiger partial charge on any atom is -0.444 e. The Morgan fingerprint density at radius 2 is 2.00 bits per heavy atom. The molecule has 10 heteroatoms. The number of carbonyl (C=O) groups is 2. The van der Waals surface area contributed by atoms with Crippen molar-refractivity contribution >= 4 is 22.0 Å². The lowest BCUT2D eigenvalue weighted by Crippen LogP contribution is -2.41. The normalized spacial score (nSPS) is 18.2. The summed E-state index contributed by atoms with van der Waals surface area (Å²) < 4.78 is 33.8. The molecule has 1 atom stereocenters. The minimum atomic E-state index is -3.93. The van der Waals surface area contributed by atoms with Crippen molar-refractivity contribution in [3.8, 4) is 0 Å². The van der Waals surface area contributed by atoms with Crippen LogP contribution in [0.1, 0.15) is 57.6 Å². The van der Waals surface area contributed by atoms with Crippen molar-refractivity contribution < 1.29 is 22.7 Å². The monoisotopic (exact) mass is 386 g/mol. The van der Waals surface area contributed by atoms with Crippen LogP contribution in [0, 0.1) is 0 Å². The molecule has 26 heavy (non-hydrogen) atoms. The summed E-state index contributed by atoms with van der Waals surface area (Å²) in [7, 11) is -3.93. The number of ether oxygens (including phenoxy) is 1. The molecule has 0 unspecified atom stereocenters. The highest BCUT2D eigenvalue weighted by atomic mass is 32.2. The largest absolute Gasteiger partial charge is 0.444 e. The number of amides is 2. The molecule has 0 aliphatic carbocycles. The molecule has 1 aromatic heterocycles. The van der Waals surface area contributed by atoms with Crippen LogP contribution >= 0.6 is 0 Å². The summed E-state index contributed by atoms with van der Waals surface area (Å²) >= 11 is 0. The molecule has 0 aromatic carbocycles. The molecule has 2 heterocycles. The van der Waals surface area contributed by atoms with E-state index in [1.165, 1.54) is 11.0 Å². The molecule has 1 saturated heterocycles. The van der Waals surface area contributed by atoms with Crippen molar-refractivity contribution in [2.24, 2.45) is 0 Å². The highest BCUT2D eigenvalue weighted by Crippen LogP contribution is 2.19. The fourth-order valence-corrected chi connectivity index (χ4v) is 3.81. The van der Waals surface area contributed by atoms with Gasteiger partial charge in [0.1, 0.15) is 5.60 Å². The molecular weight excluding hydrogens is 360 g/mol. The SMILES string of the molecule is CC(C)n1ccc(C(=O)NS(=O)(=O)[C@@H]2CCN(C(=O)OC(C)(C)C)C2)n1. The second kappa shape index (κ2) is 7.26. The maximum Gasteiger partial charge on any atom is 0.410 e. The lowest BCUT2D eigenvalue weighted by molar-refractivity contribution is 0.0295. The lowest BCUT2D eigenvalue weighted by atomic mass is 10.2. The van der Waals surface area contributed by atoms with Crippen molar-refractivity contribution in [2.45, 2.75) is 57.9 Å². The van der Waals surface area contributed by atoms with E-state index >= 15 is 0 Å². The first-order valence-electron chi connectivity index (χ1n) is 8.48. The summed E-state index contributed by atoms with van der Waals surface area (Å²) in [5.74, 6) is -0.778. The Morgan fingerprint density at radius 3 is 2.54 bits per heavy atom. The van der Waals surface area contributed by atoms with Gasteiger partial charge >= 0.3 is 6.09 Å².